The van der Waals surface area contributed by atoms with E-state index in [4.69, 9.17) is 0 Å². The Bertz CT molecular complexity index is 431. The van der Waals surface area contributed by atoms with Crippen molar-refractivity contribution in [2.75, 3.05) is 0 Å². The third-order valence-electron chi connectivity index (χ3n) is 2.74. The number of aliphatic hydroxyl groups is 1. The van der Waals surface area contributed by atoms with Crippen LogP contribution in [-0.4, -0.2) is 16.5 Å². The van der Waals surface area contributed by atoms with Gasteiger partial charge in [0, 0.05) is 12.8 Å². The molecule has 82 valence electrons. The smallest absolute Gasteiger partial charge is 0.172 e. The average molecular weight is 214 g/mol. The standard InChI is InChI=1S/C14H14O2/c15-13(11-12-7-3-1-4-8-12)14(16)9-5-2-6-10-14/h1-9,16H,10-11H2/t14-/m1/s1. The number of benzene rings is 1. The average Bonchev–Trinajstić information content (AvgIpc) is 2.31. The van der Waals surface area contributed by atoms with E-state index in [0.29, 0.717) is 6.42 Å². The predicted molar refractivity (Wildman–Crippen MR) is 63.0 cm³/mol. The lowest BCUT2D eigenvalue weighted by molar-refractivity contribution is -0.132. The lowest BCUT2D eigenvalue weighted by Gasteiger charge is -2.23. The van der Waals surface area contributed by atoms with Gasteiger partial charge in [-0.1, -0.05) is 48.6 Å². The predicted octanol–water partition coefficient (Wildman–Crippen LogP) is 2.05. The molecule has 1 aliphatic carbocycles. The van der Waals surface area contributed by atoms with Gasteiger partial charge in [-0.15, -0.1) is 0 Å². The maximum absolute atomic E-state index is 12.0. The Balaban J connectivity index is 2.09. The van der Waals surface area contributed by atoms with E-state index in [-0.39, 0.29) is 12.2 Å². The normalized spacial score (nSPS) is 23.3. The number of rotatable bonds is 3. The van der Waals surface area contributed by atoms with E-state index in [9.17, 15) is 9.90 Å². The number of carbonyl (C=O) groups is 1. The summed E-state index contributed by atoms with van der Waals surface area (Å²) in [6.07, 6.45) is 7.57. The van der Waals surface area contributed by atoms with Gasteiger partial charge in [-0.05, 0) is 11.6 Å². The lowest BCUT2D eigenvalue weighted by atomic mass is 9.87. The summed E-state index contributed by atoms with van der Waals surface area (Å²) in [6, 6.07) is 9.48. The first-order valence-electron chi connectivity index (χ1n) is 5.35. The van der Waals surface area contributed by atoms with Crippen LogP contribution in [-0.2, 0) is 11.2 Å². The summed E-state index contributed by atoms with van der Waals surface area (Å²) in [5.41, 5.74) is -0.381. The zero-order chi connectivity index (χ0) is 11.4. The summed E-state index contributed by atoms with van der Waals surface area (Å²) in [5.74, 6) is -0.153. The van der Waals surface area contributed by atoms with Crippen LogP contribution in [0.25, 0.3) is 0 Å². The van der Waals surface area contributed by atoms with Gasteiger partial charge in [-0.25, -0.2) is 0 Å². The van der Waals surface area contributed by atoms with Gasteiger partial charge < -0.3 is 5.11 Å². The van der Waals surface area contributed by atoms with Crippen LogP contribution < -0.4 is 0 Å². The minimum Gasteiger partial charge on any atom is -0.378 e. The summed E-state index contributed by atoms with van der Waals surface area (Å²) >= 11 is 0. The Kier molecular flexibility index (Phi) is 3.02. The molecule has 2 nitrogen and oxygen atoms in total. The SMILES string of the molecule is O=C(Cc1ccccc1)[C@@]1(O)C=CC=CC1. The fourth-order valence-corrected chi connectivity index (χ4v) is 1.75. The van der Waals surface area contributed by atoms with Gasteiger partial charge in [0.05, 0.1) is 0 Å². The van der Waals surface area contributed by atoms with Crippen LogP contribution in [0.3, 0.4) is 0 Å². The van der Waals surface area contributed by atoms with Gasteiger partial charge >= 0.3 is 0 Å². The molecule has 1 aromatic carbocycles. The molecule has 0 saturated carbocycles. The van der Waals surface area contributed by atoms with Crippen molar-refractivity contribution in [3.8, 4) is 0 Å². The van der Waals surface area contributed by atoms with Crippen LogP contribution in [0.5, 0.6) is 0 Å². The molecule has 1 aromatic rings. The Morgan fingerprint density at radius 2 is 2.00 bits per heavy atom. The van der Waals surface area contributed by atoms with Gasteiger partial charge in [0.1, 0.15) is 5.60 Å². The molecule has 0 spiro atoms. The van der Waals surface area contributed by atoms with Crippen LogP contribution in [0.2, 0.25) is 0 Å². The third kappa shape index (κ3) is 2.28. The van der Waals surface area contributed by atoms with Crippen LogP contribution in [0.1, 0.15) is 12.0 Å². The number of hydrogen-bond acceptors (Lipinski definition) is 2. The van der Waals surface area contributed by atoms with E-state index in [1.807, 2.05) is 42.5 Å². The van der Waals surface area contributed by atoms with Crippen LogP contribution in [0.4, 0.5) is 0 Å². The molecule has 0 heterocycles. The first-order chi connectivity index (χ1) is 7.71. The molecule has 1 aliphatic rings. The number of allylic oxidation sites excluding steroid dienone is 2. The zero-order valence-electron chi connectivity index (χ0n) is 8.97. The summed E-state index contributed by atoms with van der Waals surface area (Å²) in [5, 5.41) is 10.1. The fourth-order valence-electron chi connectivity index (χ4n) is 1.75. The molecule has 0 amide bonds. The van der Waals surface area contributed by atoms with Crippen LogP contribution in [0.15, 0.2) is 54.6 Å². The second kappa shape index (κ2) is 4.45. The highest BCUT2D eigenvalue weighted by molar-refractivity contribution is 5.91. The molecule has 0 aromatic heterocycles. The molecule has 0 aliphatic heterocycles. The number of hydrogen-bond donors (Lipinski definition) is 1. The topological polar surface area (TPSA) is 37.3 Å². The van der Waals surface area contributed by atoms with E-state index < -0.39 is 5.60 Å². The number of Topliss-reactive ketones (excluding diaryl/α,β-unsaturated/α-hetero) is 1. The number of ketones is 1. The van der Waals surface area contributed by atoms with E-state index in [1.54, 1.807) is 12.2 Å². The first-order valence-corrected chi connectivity index (χ1v) is 5.35. The van der Waals surface area contributed by atoms with Gasteiger partial charge in [0.15, 0.2) is 5.78 Å². The zero-order valence-corrected chi connectivity index (χ0v) is 8.97. The summed E-state index contributed by atoms with van der Waals surface area (Å²) in [4.78, 5) is 12.0. The van der Waals surface area contributed by atoms with E-state index in [1.165, 1.54) is 0 Å². The van der Waals surface area contributed by atoms with Crippen LogP contribution in [0, 0.1) is 0 Å². The maximum atomic E-state index is 12.0. The molecule has 0 fully saturated rings. The van der Waals surface area contributed by atoms with Gasteiger partial charge in [-0.3, -0.25) is 4.79 Å². The highest BCUT2D eigenvalue weighted by atomic mass is 16.3. The van der Waals surface area contributed by atoms with Gasteiger partial charge in [-0.2, -0.15) is 0 Å². The summed E-state index contributed by atoms with van der Waals surface area (Å²) in [6.45, 7) is 0. The first kappa shape index (κ1) is 10.8. The molecule has 1 atom stereocenters. The van der Waals surface area contributed by atoms with E-state index >= 15 is 0 Å². The van der Waals surface area contributed by atoms with Crippen molar-refractivity contribution in [2.24, 2.45) is 0 Å². The van der Waals surface area contributed by atoms with Crippen molar-refractivity contribution in [3.63, 3.8) is 0 Å². The largest absolute Gasteiger partial charge is 0.378 e. The van der Waals surface area contributed by atoms with E-state index in [0.717, 1.165) is 5.56 Å². The van der Waals surface area contributed by atoms with Crippen molar-refractivity contribution < 1.29 is 9.90 Å². The molecule has 2 heteroatoms. The lowest BCUT2D eigenvalue weighted by Crippen LogP contribution is -2.37. The Morgan fingerprint density at radius 1 is 1.25 bits per heavy atom. The highest BCUT2D eigenvalue weighted by Gasteiger charge is 2.31. The maximum Gasteiger partial charge on any atom is 0.172 e. The van der Waals surface area contributed by atoms with Crippen molar-refractivity contribution in [3.05, 3.63) is 60.2 Å². The molecule has 16 heavy (non-hydrogen) atoms. The minimum atomic E-state index is -1.31. The number of carbonyl (C=O) groups excluding carboxylic acids is 1. The monoisotopic (exact) mass is 214 g/mol. The summed E-state index contributed by atoms with van der Waals surface area (Å²) < 4.78 is 0. The minimum absolute atomic E-state index is 0.153. The Morgan fingerprint density at radius 3 is 2.62 bits per heavy atom. The second-order valence-corrected chi connectivity index (χ2v) is 4.00. The second-order valence-electron chi connectivity index (χ2n) is 4.00. The van der Waals surface area contributed by atoms with Crippen molar-refractivity contribution in [1.82, 2.24) is 0 Å². The molecular weight excluding hydrogens is 200 g/mol. The molecule has 1 N–H and O–H groups in total. The molecule has 0 bridgehead atoms. The van der Waals surface area contributed by atoms with Gasteiger partial charge in [0.2, 0.25) is 0 Å². The molecule has 2 rings (SSSR count). The third-order valence-corrected chi connectivity index (χ3v) is 2.74. The quantitative estimate of drug-likeness (QED) is 0.836. The Hall–Kier alpha value is -1.67. The van der Waals surface area contributed by atoms with Gasteiger partial charge in [0.25, 0.3) is 0 Å². The van der Waals surface area contributed by atoms with Crippen molar-refractivity contribution in [1.29, 1.82) is 0 Å². The van der Waals surface area contributed by atoms with E-state index in [2.05, 4.69) is 0 Å². The highest BCUT2D eigenvalue weighted by Crippen LogP contribution is 2.20. The molecule has 0 unspecified atom stereocenters. The molecule has 0 saturated heterocycles. The van der Waals surface area contributed by atoms with Crippen molar-refractivity contribution in [2.45, 2.75) is 18.4 Å². The molecular formula is C14H14O2. The van der Waals surface area contributed by atoms with Crippen LogP contribution >= 0.6 is 0 Å². The summed E-state index contributed by atoms with van der Waals surface area (Å²) in [7, 11) is 0. The fraction of sp³-hybridized carbons (Fsp3) is 0.214. The van der Waals surface area contributed by atoms with Crippen molar-refractivity contribution >= 4 is 5.78 Å². The Labute approximate surface area is 94.9 Å². The molecule has 0 radical (unpaired) electrons.